The summed E-state index contributed by atoms with van der Waals surface area (Å²) in [5.74, 6) is 1.56. The molecule has 0 spiro atoms. The third-order valence-electron chi connectivity index (χ3n) is 4.65. The molecule has 24 heavy (non-hydrogen) atoms. The van der Waals surface area contributed by atoms with Crippen molar-refractivity contribution in [3.8, 4) is 5.82 Å². The summed E-state index contributed by atoms with van der Waals surface area (Å²) in [6, 6.07) is 3.48. The fourth-order valence-electron chi connectivity index (χ4n) is 3.20. The van der Waals surface area contributed by atoms with E-state index in [-0.39, 0.29) is 11.2 Å². The fraction of sp³-hybridized carbons (Fsp3) is 0.556. The lowest BCUT2D eigenvalue weighted by atomic mass is 9.77. The standard InChI is InChI=1S/C18H23ClN4O/c1-10(2)11-8-12-16(13(24)9-11)17(18(3,4)5)22-23(12)15-7-6-14(19)20-21-15/h6-7,10-11H,8-9H2,1-5H3. The zero-order chi connectivity index (χ0) is 17.6. The summed E-state index contributed by atoms with van der Waals surface area (Å²) in [6.07, 6.45) is 1.41. The third kappa shape index (κ3) is 2.97. The van der Waals surface area contributed by atoms with Crippen LogP contribution in [-0.2, 0) is 11.8 Å². The Morgan fingerprint density at radius 2 is 1.92 bits per heavy atom. The Balaban J connectivity index is 2.20. The molecule has 2 aromatic heterocycles. The quantitative estimate of drug-likeness (QED) is 0.824. The molecule has 0 aliphatic heterocycles. The zero-order valence-corrected chi connectivity index (χ0v) is 15.6. The lowest BCUT2D eigenvalue weighted by Crippen LogP contribution is -2.26. The molecule has 2 heterocycles. The van der Waals surface area contributed by atoms with Gasteiger partial charge >= 0.3 is 0 Å². The first-order valence-electron chi connectivity index (χ1n) is 8.33. The summed E-state index contributed by atoms with van der Waals surface area (Å²) in [7, 11) is 0. The van der Waals surface area contributed by atoms with Crippen LogP contribution in [0, 0.1) is 11.8 Å². The van der Waals surface area contributed by atoms with Crippen LogP contribution in [0.25, 0.3) is 5.82 Å². The number of fused-ring (bicyclic) bond motifs is 1. The SMILES string of the molecule is CC(C)C1CC(=O)c2c(C(C)(C)C)nn(-c3ccc(Cl)nn3)c2C1. The van der Waals surface area contributed by atoms with E-state index >= 15 is 0 Å². The highest BCUT2D eigenvalue weighted by atomic mass is 35.5. The number of nitrogens with zero attached hydrogens (tertiary/aromatic N) is 4. The van der Waals surface area contributed by atoms with Gasteiger partial charge in [0.25, 0.3) is 0 Å². The lowest BCUT2D eigenvalue weighted by Gasteiger charge is -2.26. The predicted octanol–water partition coefficient (Wildman–Crippen LogP) is 4.01. The van der Waals surface area contributed by atoms with Crippen molar-refractivity contribution < 1.29 is 4.79 Å². The van der Waals surface area contributed by atoms with E-state index < -0.39 is 0 Å². The van der Waals surface area contributed by atoms with Gasteiger partial charge in [0.15, 0.2) is 16.8 Å². The van der Waals surface area contributed by atoms with Gasteiger partial charge in [-0.1, -0.05) is 46.2 Å². The Morgan fingerprint density at radius 1 is 1.21 bits per heavy atom. The molecular formula is C18H23ClN4O. The van der Waals surface area contributed by atoms with E-state index in [2.05, 4.69) is 44.8 Å². The van der Waals surface area contributed by atoms with Gasteiger partial charge in [-0.2, -0.15) is 5.10 Å². The van der Waals surface area contributed by atoms with Crippen molar-refractivity contribution in [2.75, 3.05) is 0 Å². The smallest absolute Gasteiger partial charge is 0.176 e. The number of rotatable bonds is 2. The number of hydrogen-bond acceptors (Lipinski definition) is 4. The Hall–Kier alpha value is -1.75. The number of aromatic nitrogens is 4. The summed E-state index contributed by atoms with van der Waals surface area (Å²) in [5, 5.41) is 13.2. The maximum absolute atomic E-state index is 12.9. The second-order valence-electron chi connectivity index (χ2n) is 7.88. The minimum absolute atomic E-state index is 0.188. The Kier molecular flexibility index (Phi) is 4.24. The fourth-order valence-corrected chi connectivity index (χ4v) is 3.30. The molecule has 6 heteroatoms. The van der Waals surface area contributed by atoms with E-state index in [1.54, 1.807) is 16.8 Å². The molecule has 0 N–H and O–H groups in total. The van der Waals surface area contributed by atoms with E-state index in [0.717, 1.165) is 23.4 Å². The normalized spacial score (nSPS) is 18.1. The van der Waals surface area contributed by atoms with Gasteiger partial charge < -0.3 is 0 Å². The van der Waals surface area contributed by atoms with Gasteiger partial charge in [0.1, 0.15) is 0 Å². The maximum Gasteiger partial charge on any atom is 0.176 e. The van der Waals surface area contributed by atoms with Gasteiger partial charge in [-0.15, -0.1) is 10.2 Å². The third-order valence-corrected chi connectivity index (χ3v) is 4.85. The average molecular weight is 347 g/mol. The number of ketones is 1. The van der Waals surface area contributed by atoms with Gasteiger partial charge in [-0.3, -0.25) is 4.79 Å². The van der Waals surface area contributed by atoms with E-state index in [1.807, 2.05) is 0 Å². The number of Topliss-reactive ketones (excluding diaryl/α,β-unsaturated/α-hetero) is 1. The molecule has 1 aliphatic carbocycles. The monoisotopic (exact) mass is 346 g/mol. The Bertz CT molecular complexity index is 772. The number of carbonyl (C=O) groups excluding carboxylic acids is 1. The van der Waals surface area contributed by atoms with Crippen molar-refractivity contribution in [1.29, 1.82) is 0 Å². The van der Waals surface area contributed by atoms with Crippen molar-refractivity contribution >= 4 is 17.4 Å². The molecule has 0 saturated heterocycles. The van der Waals surface area contributed by atoms with Crippen LogP contribution in [0.1, 0.15) is 62.8 Å². The topological polar surface area (TPSA) is 60.7 Å². The van der Waals surface area contributed by atoms with E-state index in [9.17, 15) is 4.79 Å². The first-order chi connectivity index (χ1) is 11.2. The first-order valence-corrected chi connectivity index (χ1v) is 8.71. The molecule has 0 saturated carbocycles. The van der Waals surface area contributed by atoms with Gasteiger partial charge in [-0.05, 0) is 30.4 Å². The van der Waals surface area contributed by atoms with Crippen molar-refractivity contribution in [2.45, 2.75) is 52.9 Å². The molecule has 0 fully saturated rings. The average Bonchev–Trinajstić information content (AvgIpc) is 2.88. The highest BCUT2D eigenvalue weighted by molar-refractivity contribution is 6.29. The predicted molar refractivity (Wildman–Crippen MR) is 93.8 cm³/mol. The van der Waals surface area contributed by atoms with Crippen molar-refractivity contribution in [3.63, 3.8) is 0 Å². The molecule has 128 valence electrons. The molecule has 3 rings (SSSR count). The minimum atomic E-state index is -0.213. The number of halogens is 1. The highest BCUT2D eigenvalue weighted by Crippen LogP contribution is 2.37. The van der Waals surface area contributed by atoms with Crippen molar-refractivity contribution in [1.82, 2.24) is 20.0 Å². The van der Waals surface area contributed by atoms with Gasteiger partial charge in [0.05, 0.1) is 17.0 Å². The van der Waals surface area contributed by atoms with Crippen molar-refractivity contribution in [2.24, 2.45) is 11.8 Å². The largest absolute Gasteiger partial charge is 0.294 e. The molecule has 0 bridgehead atoms. The van der Waals surface area contributed by atoms with Crippen LogP contribution >= 0.6 is 11.6 Å². The van der Waals surface area contributed by atoms with Crippen LogP contribution in [-0.4, -0.2) is 25.8 Å². The van der Waals surface area contributed by atoms with Gasteiger partial charge in [-0.25, -0.2) is 4.68 Å². The maximum atomic E-state index is 12.9. The van der Waals surface area contributed by atoms with Crippen LogP contribution in [0.5, 0.6) is 0 Å². The molecule has 0 amide bonds. The molecule has 1 unspecified atom stereocenters. The van der Waals surface area contributed by atoms with Crippen LogP contribution in [0.15, 0.2) is 12.1 Å². The minimum Gasteiger partial charge on any atom is -0.294 e. The molecular weight excluding hydrogens is 324 g/mol. The number of carbonyl (C=O) groups is 1. The molecule has 2 aromatic rings. The second kappa shape index (κ2) is 5.96. The Labute approximate surface area is 147 Å². The number of hydrogen-bond donors (Lipinski definition) is 0. The molecule has 1 atom stereocenters. The molecule has 0 radical (unpaired) electrons. The van der Waals surface area contributed by atoms with E-state index in [0.29, 0.717) is 29.2 Å². The van der Waals surface area contributed by atoms with Gasteiger partial charge in [0.2, 0.25) is 0 Å². The Morgan fingerprint density at radius 3 is 2.46 bits per heavy atom. The van der Waals surface area contributed by atoms with E-state index in [4.69, 9.17) is 16.7 Å². The lowest BCUT2D eigenvalue weighted by molar-refractivity contribution is 0.0930. The molecule has 0 aromatic carbocycles. The highest BCUT2D eigenvalue weighted by Gasteiger charge is 2.37. The van der Waals surface area contributed by atoms with Crippen LogP contribution in [0.3, 0.4) is 0 Å². The summed E-state index contributed by atoms with van der Waals surface area (Å²) in [4.78, 5) is 12.9. The summed E-state index contributed by atoms with van der Waals surface area (Å²) in [6.45, 7) is 10.6. The van der Waals surface area contributed by atoms with Gasteiger partial charge in [0, 0.05) is 11.8 Å². The summed E-state index contributed by atoms with van der Waals surface area (Å²) in [5.41, 5.74) is 2.35. The zero-order valence-electron chi connectivity index (χ0n) is 14.8. The first kappa shape index (κ1) is 17.1. The summed E-state index contributed by atoms with van der Waals surface area (Å²) >= 11 is 5.85. The van der Waals surface area contributed by atoms with Crippen LogP contribution in [0.2, 0.25) is 5.15 Å². The van der Waals surface area contributed by atoms with Crippen molar-refractivity contribution in [3.05, 3.63) is 34.2 Å². The van der Waals surface area contributed by atoms with Crippen LogP contribution in [0.4, 0.5) is 0 Å². The molecule has 1 aliphatic rings. The van der Waals surface area contributed by atoms with Crippen LogP contribution < -0.4 is 0 Å². The van der Waals surface area contributed by atoms with E-state index in [1.165, 1.54) is 0 Å². The molecule has 5 nitrogen and oxygen atoms in total. The second-order valence-corrected chi connectivity index (χ2v) is 8.27. The summed E-state index contributed by atoms with van der Waals surface area (Å²) < 4.78 is 1.78.